The van der Waals surface area contributed by atoms with Crippen molar-refractivity contribution in [2.24, 2.45) is 0 Å². The van der Waals surface area contributed by atoms with Gasteiger partial charge in [-0.15, -0.1) is 0 Å². The smallest absolute Gasteiger partial charge is 0.227 e. The van der Waals surface area contributed by atoms with Crippen LogP contribution in [0, 0.1) is 0 Å². The van der Waals surface area contributed by atoms with Crippen molar-refractivity contribution in [2.45, 2.75) is 0 Å². The molecule has 0 aliphatic carbocycles. The molecule has 0 saturated heterocycles. The highest BCUT2D eigenvalue weighted by molar-refractivity contribution is 6.19. The molecule has 0 fully saturated rings. The maximum absolute atomic E-state index is 6.41. The standard InChI is InChI=1S/C51H33N3O/c1-3-14-37(15-4-1)51-52-47-21-11-20-44(50(47)55-51)36-23-26-40(27-24-36)53(41-28-22-34-12-7-8-16-38(34)32-41)42-29-31-48-46(33-42)45-30-25-35-13-9-10-19-43(35)49(45)54(48)39-17-5-2-6-18-39/h1-33H. The minimum absolute atomic E-state index is 0.624. The lowest BCUT2D eigenvalue weighted by atomic mass is 10.0. The Bertz CT molecular complexity index is 3200. The molecule has 55 heavy (non-hydrogen) atoms. The first-order valence-corrected chi connectivity index (χ1v) is 18.6. The van der Waals surface area contributed by atoms with Gasteiger partial charge in [-0.3, -0.25) is 0 Å². The van der Waals surface area contributed by atoms with Gasteiger partial charge in [0.15, 0.2) is 5.58 Å². The van der Waals surface area contributed by atoms with E-state index in [4.69, 9.17) is 9.40 Å². The van der Waals surface area contributed by atoms with Gasteiger partial charge in [0, 0.05) is 50.0 Å². The van der Waals surface area contributed by atoms with Gasteiger partial charge in [0.2, 0.25) is 5.89 Å². The quantitative estimate of drug-likeness (QED) is 0.173. The van der Waals surface area contributed by atoms with Crippen molar-refractivity contribution in [1.29, 1.82) is 0 Å². The van der Waals surface area contributed by atoms with Crippen LogP contribution in [0.1, 0.15) is 0 Å². The molecule has 0 amide bonds. The van der Waals surface area contributed by atoms with E-state index < -0.39 is 0 Å². The lowest BCUT2D eigenvalue weighted by Crippen LogP contribution is -2.10. The largest absolute Gasteiger partial charge is 0.435 e. The number of nitrogens with zero attached hydrogens (tertiary/aromatic N) is 3. The number of hydrogen-bond donors (Lipinski definition) is 0. The Hall–Kier alpha value is -7.43. The van der Waals surface area contributed by atoms with Crippen LogP contribution in [0.4, 0.5) is 17.1 Å². The average Bonchev–Trinajstić information content (AvgIpc) is 3.85. The Kier molecular flexibility index (Phi) is 7.14. The molecule has 0 atom stereocenters. The third-order valence-corrected chi connectivity index (χ3v) is 10.8. The van der Waals surface area contributed by atoms with Crippen LogP contribution in [-0.4, -0.2) is 9.55 Å². The first kappa shape index (κ1) is 31.1. The van der Waals surface area contributed by atoms with E-state index in [0.29, 0.717) is 5.89 Å². The molecular formula is C51H33N3O. The highest BCUT2D eigenvalue weighted by Crippen LogP contribution is 2.43. The number of fused-ring (bicyclic) bond motifs is 7. The highest BCUT2D eigenvalue weighted by Gasteiger charge is 2.20. The van der Waals surface area contributed by atoms with E-state index in [-0.39, 0.29) is 0 Å². The number of hydrogen-bond acceptors (Lipinski definition) is 3. The van der Waals surface area contributed by atoms with Crippen molar-refractivity contribution in [3.8, 4) is 28.3 Å². The van der Waals surface area contributed by atoms with Gasteiger partial charge in [0.1, 0.15) is 5.52 Å². The van der Waals surface area contributed by atoms with Gasteiger partial charge >= 0.3 is 0 Å². The van der Waals surface area contributed by atoms with Crippen molar-refractivity contribution in [2.75, 3.05) is 4.90 Å². The maximum Gasteiger partial charge on any atom is 0.227 e. The molecule has 2 aromatic heterocycles. The van der Waals surface area contributed by atoms with Crippen LogP contribution in [-0.2, 0) is 0 Å². The summed E-state index contributed by atoms with van der Waals surface area (Å²) in [6.45, 7) is 0. The topological polar surface area (TPSA) is 34.2 Å². The molecule has 9 aromatic carbocycles. The van der Waals surface area contributed by atoms with Crippen LogP contribution < -0.4 is 4.90 Å². The molecule has 258 valence electrons. The molecule has 0 aliphatic rings. The van der Waals surface area contributed by atoms with E-state index in [1.54, 1.807) is 0 Å². The number of anilines is 3. The van der Waals surface area contributed by atoms with Gasteiger partial charge in [-0.2, -0.15) is 0 Å². The van der Waals surface area contributed by atoms with Gasteiger partial charge < -0.3 is 13.9 Å². The molecule has 0 bridgehead atoms. The van der Waals surface area contributed by atoms with Crippen LogP contribution in [0.5, 0.6) is 0 Å². The van der Waals surface area contributed by atoms with Crippen molar-refractivity contribution in [1.82, 2.24) is 9.55 Å². The average molecular weight is 704 g/mol. The minimum atomic E-state index is 0.624. The molecule has 0 N–H and O–H groups in total. The SMILES string of the molecule is c1ccc(-c2nc3cccc(-c4ccc(N(c5ccc6ccccc6c5)c5ccc6c(c5)c5ccc7ccccc7c5n6-c5ccccc5)cc4)c3o2)cc1. The second kappa shape index (κ2) is 12.6. The molecule has 4 nitrogen and oxygen atoms in total. The Morgan fingerprint density at radius 2 is 1.11 bits per heavy atom. The van der Waals surface area contributed by atoms with Gasteiger partial charge in [-0.05, 0) is 94.5 Å². The summed E-state index contributed by atoms with van der Waals surface area (Å²) in [5, 5.41) is 7.30. The summed E-state index contributed by atoms with van der Waals surface area (Å²) >= 11 is 0. The number of para-hydroxylation sites is 2. The van der Waals surface area contributed by atoms with Crippen LogP contribution >= 0.6 is 0 Å². The Morgan fingerprint density at radius 1 is 0.436 bits per heavy atom. The van der Waals surface area contributed by atoms with Crippen molar-refractivity contribution in [3.63, 3.8) is 0 Å². The molecule has 0 spiro atoms. The van der Waals surface area contributed by atoms with Crippen LogP contribution in [0.3, 0.4) is 0 Å². The number of oxazole rings is 1. The zero-order chi connectivity index (χ0) is 36.3. The third-order valence-electron chi connectivity index (χ3n) is 10.8. The van der Waals surface area contributed by atoms with E-state index in [2.05, 4.69) is 173 Å². The fraction of sp³-hybridized carbons (Fsp3) is 0. The zero-order valence-corrected chi connectivity index (χ0v) is 29.8. The second-order valence-electron chi connectivity index (χ2n) is 14.0. The third kappa shape index (κ3) is 5.19. The van der Waals surface area contributed by atoms with E-state index in [1.807, 2.05) is 36.4 Å². The van der Waals surface area contributed by atoms with Gasteiger partial charge in [0.25, 0.3) is 0 Å². The fourth-order valence-corrected chi connectivity index (χ4v) is 8.19. The predicted molar refractivity (Wildman–Crippen MR) is 229 cm³/mol. The molecule has 4 heteroatoms. The zero-order valence-electron chi connectivity index (χ0n) is 29.8. The summed E-state index contributed by atoms with van der Waals surface area (Å²) in [7, 11) is 0. The fourth-order valence-electron chi connectivity index (χ4n) is 8.19. The van der Waals surface area contributed by atoms with Crippen molar-refractivity contribution >= 4 is 71.5 Å². The Labute approximate surface area is 317 Å². The monoisotopic (exact) mass is 703 g/mol. The summed E-state index contributed by atoms with van der Waals surface area (Å²) in [5.74, 6) is 0.624. The predicted octanol–water partition coefficient (Wildman–Crippen LogP) is 14.0. The Balaban J connectivity index is 1.09. The van der Waals surface area contributed by atoms with Gasteiger partial charge in [-0.25, -0.2) is 4.98 Å². The lowest BCUT2D eigenvalue weighted by Gasteiger charge is -2.26. The normalized spacial score (nSPS) is 11.6. The molecule has 0 unspecified atom stereocenters. The van der Waals surface area contributed by atoms with Crippen LogP contribution in [0.15, 0.2) is 205 Å². The minimum Gasteiger partial charge on any atom is -0.435 e. The molecule has 0 radical (unpaired) electrons. The Morgan fingerprint density at radius 3 is 1.95 bits per heavy atom. The van der Waals surface area contributed by atoms with Crippen molar-refractivity contribution < 1.29 is 4.42 Å². The summed E-state index contributed by atoms with van der Waals surface area (Å²) in [6.07, 6.45) is 0. The molecule has 0 saturated carbocycles. The molecule has 11 rings (SSSR count). The van der Waals surface area contributed by atoms with E-state index in [9.17, 15) is 0 Å². The second-order valence-corrected chi connectivity index (χ2v) is 14.0. The first-order chi connectivity index (χ1) is 27.3. The molecular weight excluding hydrogens is 671 g/mol. The molecule has 2 heterocycles. The maximum atomic E-state index is 6.41. The van der Waals surface area contributed by atoms with Crippen molar-refractivity contribution in [3.05, 3.63) is 200 Å². The van der Waals surface area contributed by atoms with E-state index in [0.717, 1.165) is 50.5 Å². The highest BCUT2D eigenvalue weighted by atomic mass is 16.3. The molecule has 0 aliphatic heterocycles. The summed E-state index contributed by atoms with van der Waals surface area (Å²) in [4.78, 5) is 7.19. The number of aromatic nitrogens is 2. The van der Waals surface area contributed by atoms with Gasteiger partial charge in [0.05, 0.1) is 11.0 Å². The van der Waals surface area contributed by atoms with Crippen LogP contribution in [0.2, 0.25) is 0 Å². The van der Waals surface area contributed by atoms with E-state index in [1.165, 1.54) is 43.4 Å². The number of rotatable bonds is 6. The van der Waals surface area contributed by atoms with Gasteiger partial charge in [-0.1, -0.05) is 127 Å². The summed E-state index contributed by atoms with van der Waals surface area (Å²) in [5.41, 5.74) is 11.4. The van der Waals surface area contributed by atoms with Crippen LogP contribution in [0.25, 0.3) is 82.7 Å². The molecule has 11 aromatic rings. The van der Waals surface area contributed by atoms with E-state index >= 15 is 0 Å². The lowest BCUT2D eigenvalue weighted by molar-refractivity contribution is 0.621. The first-order valence-electron chi connectivity index (χ1n) is 18.6. The summed E-state index contributed by atoms with van der Waals surface area (Å²) in [6, 6.07) is 71.1. The summed E-state index contributed by atoms with van der Waals surface area (Å²) < 4.78 is 8.83. The number of benzene rings is 9.